The van der Waals surface area contributed by atoms with Crippen LogP contribution in [0.3, 0.4) is 0 Å². The fraction of sp³-hybridized carbons (Fsp3) is 0.409. The van der Waals surface area contributed by atoms with Gasteiger partial charge in [0.1, 0.15) is 24.9 Å². The summed E-state index contributed by atoms with van der Waals surface area (Å²) in [4.78, 5) is 37.4. The third-order valence-electron chi connectivity index (χ3n) is 3.62. The third kappa shape index (κ3) is 9.10. The van der Waals surface area contributed by atoms with Crippen LogP contribution in [-0.2, 0) is 30.4 Å². The van der Waals surface area contributed by atoms with E-state index < -0.39 is 35.6 Å². The molecule has 0 aliphatic carbocycles. The Morgan fingerprint density at radius 3 is 2.24 bits per heavy atom. The van der Waals surface area contributed by atoms with Crippen LogP contribution in [0.2, 0.25) is 0 Å². The number of benzene rings is 1. The third-order valence-corrected chi connectivity index (χ3v) is 3.62. The molecule has 29 heavy (non-hydrogen) atoms. The highest BCUT2D eigenvalue weighted by Gasteiger charge is 2.37. The van der Waals surface area contributed by atoms with Crippen LogP contribution < -0.4 is 5.32 Å². The Hall–Kier alpha value is -3.09. The number of carbonyl (C=O) groups is 3. The number of rotatable bonds is 10. The van der Waals surface area contributed by atoms with Gasteiger partial charge in [0.05, 0.1) is 5.92 Å². The molecule has 0 spiro atoms. The first-order chi connectivity index (χ1) is 13.7. The summed E-state index contributed by atoms with van der Waals surface area (Å²) in [6, 6.07) is 7.82. The first-order valence-corrected chi connectivity index (χ1v) is 9.26. The fourth-order valence-electron chi connectivity index (χ4n) is 2.37. The predicted molar refractivity (Wildman–Crippen MR) is 109 cm³/mol. The van der Waals surface area contributed by atoms with E-state index in [1.165, 1.54) is 12.2 Å². The highest BCUT2D eigenvalue weighted by molar-refractivity contribution is 5.88. The summed E-state index contributed by atoms with van der Waals surface area (Å²) < 4.78 is 15.6. The second-order valence-electron chi connectivity index (χ2n) is 7.27. The van der Waals surface area contributed by atoms with Gasteiger partial charge in [-0.2, -0.15) is 0 Å². The molecule has 0 heterocycles. The van der Waals surface area contributed by atoms with E-state index >= 15 is 0 Å². The van der Waals surface area contributed by atoms with Gasteiger partial charge in [-0.1, -0.05) is 49.1 Å². The summed E-state index contributed by atoms with van der Waals surface area (Å²) in [7, 11) is 0. The van der Waals surface area contributed by atoms with Gasteiger partial charge in [0, 0.05) is 0 Å². The van der Waals surface area contributed by atoms with Crippen molar-refractivity contribution in [3.63, 3.8) is 0 Å². The molecule has 0 radical (unpaired) electrons. The molecule has 0 bridgehead atoms. The fourth-order valence-corrected chi connectivity index (χ4v) is 2.37. The summed E-state index contributed by atoms with van der Waals surface area (Å²) in [5.41, 5.74) is 0.0191. The van der Waals surface area contributed by atoms with Crippen LogP contribution in [0.15, 0.2) is 55.6 Å². The van der Waals surface area contributed by atoms with E-state index in [0.29, 0.717) is 0 Å². The lowest BCUT2D eigenvalue weighted by Crippen LogP contribution is -2.50. The van der Waals surface area contributed by atoms with Crippen molar-refractivity contribution < 1.29 is 28.6 Å². The Morgan fingerprint density at radius 1 is 1.03 bits per heavy atom. The van der Waals surface area contributed by atoms with Crippen molar-refractivity contribution in [3.05, 3.63) is 61.2 Å². The summed E-state index contributed by atoms with van der Waals surface area (Å²) in [6.45, 7) is 12.1. The molecule has 1 aromatic rings. The van der Waals surface area contributed by atoms with Gasteiger partial charge in [-0.25, -0.2) is 9.59 Å². The first-order valence-electron chi connectivity index (χ1n) is 9.26. The van der Waals surface area contributed by atoms with Gasteiger partial charge in [0.15, 0.2) is 0 Å². The van der Waals surface area contributed by atoms with Gasteiger partial charge in [-0.05, 0) is 32.8 Å². The lowest BCUT2D eigenvalue weighted by atomic mass is 9.96. The second kappa shape index (κ2) is 11.7. The SMILES string of the molecule is C=CCOC(=O)C(NC(=O)OC(C)(C)C)C(CC=C)C(=O)OCc1ccccc1. The molecule has 0 fully saturated rings. The van der Waals surface area contributed by atoms with E-state index in [1.54, 1.807) is 20.8 Å². The first kappa shape index (κ1) is 23.9. The van der Waals surface area contributed by atoms with E-state index in [0.717, 1.165) is 5.56 Å². The van der Waals surface area contributed by atoms with Crippen LogP contribution in [0.1, 0.15) is 32.8 Å². The molecule has 1 N–H and O–H groups in total. The number of nitrogens with one attached hydrogen (secondary N) is 1. The highest BCUT2D eigenvalue weighted by atomic mass is 16.6. The molecule has 158 valence electrons. The van der Waals surface area contributed by atoms with Crippen molar-refractivity contribution in [2.45, 2.75) is 45.4 Å². The molecule has 7 heteroatoms. The molecule has 2 atom stereocenters. The number of esters is 2. The molecule has 0 aliphatic heterocycles. The minimum atomic E-state index is -1.30. The highest BCUT2D eigenvalue weighted by Crippen LogP contribution is 2.17. The molecule has 2 unspecified atom stereocenters. The summed E-state index contributed by atoms with van der Waals surface area (Å²) in [5, 5.41) is 2.43. The van der Waals surface area contributed by atoms with Crippen LogP contribution in [-0.4, -0.2) is 36.3 Å². The van der Waals surface area contributed by atoms with Gasteiger partial charge >= 0.3 is 18.0 Å². The number of alkyl carbamates (subject to hydrolysis) is 1. The molecular formula is C22H29NO6. The standard InChI is InChI=1S/C22H29NO6/c1-6-11-17(19(24)28-15-16-12-9-8-10-13-16)18(20(25)27-14-7-2)23-21(26)29-22(3,4)5/h6-10,12-13,17-18H,1-2,11,14-15H2,3-5H3,(H,23,26). The molecule has 1 amide bonds. The molecular weight excluding hydrogens is 374 g/mol. The van der Waals surface area contributed by atoms with E-state index in [4.69, 9.17) is 14.2 Å². The van der Waals surface area contributed by atoms with Crippen molar-refractivity contribution in [2.24, 2.45) is 5.92 Å². The predicted octanol–water partition coefficient (Wildman–Crippen LogP) is 3.54. The number of carbonyl (C=O) groups excluding carboxylic acids is 3. The molecule has 0 aliphatic rings. The minimum Gasteiger partial charge on any atom is -0.461 e. The van der Waals surface area contributed by atoms with Gasteiger partial charge in [-0.15, -0.1) is 6.58 Å². The molecule has 1 aromatic carbocycles. The Labute approximate surface area is 171 Å². The zero-order chi connectivity index (χ0) is 21.9. The van der Waals surface area contributed by atoms with E-state index in [-0.39, 0.29) is 19.6 Å². The number of amides is 1. The maximum atomic E-state index is 12.7. The van der Waals surface area contributed by atoms with E-state index in [1.807, 2.05) is 30.3 Å². The maximum Gasteiger partial charge on any atom is 0.408 e. The smallest absolute Gasteiger partial charge is 0.408 e. The molecule has 0 saturated carbocycles. The Bertz CT molecular complexity index is 708. The maximum absolute atomic E-state index is 12.7. The number of hydrogen-bond donors (Lipinski definition) is 1. The van der Waals surface area contributed by atoms with Crippen molar-refractivity contribution in [1.82, 2.24) is 5.32 Å². The van der Waals surface area contributed by atoms with Gasteiger partial charge in [-0.3, -0.25) is 4.79 Å². The van der Waals surface area contributed by atoms with Crippen LogP contribution in [0.4, 0.5) is 4.79 Å². The van der Waals surface area contributed by atoms with Crippen LogP contribution >= 0.6 is 0 Å². The van der Waals surface area contributed by atoms with Crippen LogP contribution in [0.25, 0.3) is 0 Å². The zero-order valence-corrected chi connectivity index (χ0v) is 17.2. The quantitative estimate of drug-likeness (QED) is 0.365. The topological polar surface area (TPSA) is 90.9 Å². The molecule has 0 saturated heterocycles. The normalized spacial score (nSPS) is 12.8. The number of hydrogen-bond acceptors (Lipinski definition) is 6. The van der Waals surface area contributed by atoms with Crippen LogP contribution in [0, 0.1) is 5.92 Å². The van der Waals surface area contributed by atoms with Gasteiger partial charge < -0.3 is 19.5 Å². The van der Waals surface area contributed by atoms with Gasteiger partial charge in [0.2, 0.25) is 0 Å². The molecule has 0 aromatic heterocycles. The second-order valence-corrected chi connectivity index (χ2v) is 7.27. The van der Waals surface area contributed by atoms with Crippen molar-refractivity contribution in [3.8, 4) is 0 Å². The molecule has 7 nitrogen and oxygen atoms in total. The van der Waals surface area contributed by atoms with Crippen LogP contribution in [0.5, 0.6) is 0 Å². The average Bonchev–Trinajstić information content (AvgIpc) is 2.66. The number of ether oxygens (including phenoxy) is 3. The van der Waals surface area contributed by atoms with Crippen molar-refractivity contribution in [2.75, 3.05) is 6.61 Å². The monoisotopic (exact) mass is 403 g/mol. The van der Waals surface area contributed by atoms with Crippen molar-refractivity contribution >= 4 is 18.0 Å². The number of allylic oxidation sites excluding steroid dienone is 1. The average molecular weight is 403 g/mol. The summed E-state index contributed by atoms with van der Waals surface area (Å²) in [6.07, 6.45) is 2.11. The Morgan fingerprint density at radius 2 is 1.69 bits per heavy atom. The Balaban J connectivity index is 2.98. The minimum absolute atomic E-state index is 0.0359. The lowest BCUT2D eigenvalue weighted by Gasteiger charge is -2.26. The zero-order valence-electron chi connectivity index (χ0n) is 17.2. The summed E-state index contributed by atoms with van der Waals surface area (Å²) >= 11 is 0. The Kier molecular flexibility index (Phi) is 9.65. The molecule has 1 rings (SSSR count). The van der Waals surface area contributed by atoms with E-state index in [2.05, 4.69) is 18.5 Å². The van der Waals surface area contributed by atoms with Crippen molar-refractivity contribution in [1.29, 1.82) is 0 Å². The largest absolute Gasteiger partial charge is 0.461 e. The van der Waals surface area contributed by atoms with Gasteiger partial charge in [0.25, 0.3) is 0 Å². The summed E-state index contributed by atoms with van der Waals surface area (Å²) in [5.74, 6) is -2.48. The van der Waals surface area contributed by atoms with E-state index in [9.17, 15) is 14.4 Å². The lowest BCUT2D eigenvalue weighted by molar-refractivity contribution is -0.158.